The van der Waals surface area contributed by atoms with Gasteiger partial charge in [-0.05, 0) is 37.0 Å². The van der Waals surface area contributed by atoms with E-state index in [0.717, 1.165) is 11.7 Å². The monoisotopic (exact) mass is 287 g/mol. The molecule has 1 aromatic heterocycles. The fourth-order valence-electron chi connectivity index (χ4n) is 4.07. The van der Waals surface area contributed by atoms with E-state index in [2.05, 4.69) is 49.5 Å². The van der Waals surface area contributed by atoms with Crippen molar-refractivity contribution in [1.82, 2.24) is 9.97 Å². The van der Waals surface area contributed by atoms with Crippen molar-refractivity contribution in [3.05, 3.63) is 18.2 Å². The van der Waals surface area contributed by atoms with Crippen LogP contribution in [0.15, 0.2) is 12.4 Å². The van der Waals surface area contributed by atoms with Crippen LogP contribution in [0.2, 0.25) is 0 Å². The molecule has 3 rings (SSSR count). The van der Waals surface area contributed by atoms with Gasteiger partial charge in [0.1, 0.15) is 5.82 Å². The predicted molar refractivity (Wildman–Crippen MR) is 87.6 cm³/mol. The van der Waals surface area contributed by atoms with Gasteiger partial charge in [0.2, 0.25) is 0 Å². The Kier molecular flexibility index (Phi) is 3.71. The van der Waals surface area contributed by atoms with E-state index in [0.29, 0.717) is 23.4 Å². The Bertz CT molecular complexity index is 472. The molecule has 0 N–H and O–H groups in total. The molecule has 2 unspecified atom stereocenters. The molecule has 3 nitrogen and oxygen atoms in total. The molecule has 2 bridgehead atoms. The number of hydrogen-bond donors (Lipinski definition) is 0. The Hall–Kier alpha value is -1.12. The Morgan fingerprint density at radius 1 is 1.05 bits per heavy atom. The van der Waals surface area contributed by atoms with Gasteiger partial charge >= 0.3 is 0 Å². The summed E-state index contributed by atoms with van der Waals surface area (Å²) >= 11 is 0. The highest BCUT2D eigenvalue weighted by atomic mass is 15.2. The molecular weight excluding hydrogens is 258 g/mol. The third-order valence-corrected chi connectivity index (χ3v) is 5.43. The van der Waals surface area contributed by atoms with Crippen LogP contribution in [0.25, 0.3) is 0 Å². The summed E-state index contributed by atoms with van der Waals surface area (Å²) in [4.78, 5) is 11.7. The SMILES string of the molecule is CC(C)c1ncc(N2C3CCC2CC(C(C)(C)C)C3)cn1. The molecule has 3 heterocycles. The van der Waals surface area contributed by atoms with E-state index in [1.54, 1.807) is 0 Å². The highest BCUT2D eigenvalue weighted by molar-refractivity contribution is 5.47. The highest BCUT2D eigenvalue weighted by Gasteiger charge is 2.44. The van der Waals surface area contributed by atoms with Crippen molar-refractivity contribution < 1.29 is 0 Å². The number of rotatable bonds is 2. The zero-order chi connectivity index (χ0) is 15.2. The van der Waals surface area contributed by atoms with Gasteiger partial charge < -0.3 is 4.90 Å². The molecule has 116 valence electrons. The molecule has 0 spiro atoms. The van der Waals surface area contributed by atoms with Crippen molar-refractivity contribution in [2.75, 3.05) is 4.90 Å². The first-order valence-electron chi connectivity index (χ1n) is 8.46. The number of aromatic nitrogens is 2. The zero-order valence-corrected chi connectivity index (χ0v) is 14.1. The fraction of sp³-hybridized carbons (Fsp3) is 0.778. The van der Waals surface area contributed by atoms with E-state index in [4.69, 9.17) is 0 Å². The van der Waals surface area contributed by atoms with E-state index in [1.165, 1.54) is 31.4 Å². The van der Waals surface area contributed by atoms with Gasteiger partial charge in [0, 0.05) is 18.0 Å². The van der Waals surface area contributed by atoms with Gasteiger partial charge in [0.05, 0.1) is 18.1 Å². The summed E-state index contributed by atoms with van der Waals surface area (Å²) in [6.45, 7) is 11.5. The fourth-order valence-corrected chi connectivity index (χ4v) is 4.07. The smallest absolute Gasteiger partial charge is 0.130 e. The quantitative estimate of drug-likeness (QED) is 0.807. The lowest BCUT2D eigenvalue weighted by Gasteiger charge is -2.44. The molecule has 1 aromatic rings. The molecule has 0 aromatic carbocycles. The van der Waals surface area contributed by atoms with Gasteiger partial charge in [0.15, 0.2) is 0 Å². The third kappa shape index (κ3) is 2.79. The van der Waals surface area contributed by atoms with Crippen LogP contribution < -0.4 is 4.90 Å². The summed E-state index contributed by atoms with van der Waals surface area (Å²) in [6, 6.07) is 1.39. The molecule has 0 amide bonds. The second-order valence-corrected chi connectivity index (χ2v) is 8.28. The number of fused-ring (bicyclic) bond motifs is 2. The van der Waals surface area contributed by atoms with Crippen LogP contribution in [-0.4, -0.2) is 22.1 Å². The maximum Gasteiger partial charge on any atom is 0.130 e. The summed E-state index contributed by atoms with van der Waals surface area (Å²) in [5.74, 6) is 2.21. The largest absolute Gasteiger partial charge is 0.363 e. The van der Waals surface area contributed by atoms with Gasteiger partial charge in [0.25, 0.3) is 0 Å². The summed E-state index contributed by atoms with van der Waals surface area (Å²) in [5.41, 5.74) is 1.67. The first-order valence-corrected chi connectivity index (χ1v) is 8.46. The molecule has 2 aliphatic rings. The number of hydrogen-bond acceptors (Lipinski definition) is 3. The average Bonchev–Trinajstić information content (AvgIpc) is 2.67. The summed E-state index contributed by atoms with van der Waals surface area (Å²) in [7, 11) is 0. The topological polar surface area (TPSA) is 29.0 Å². The van der Waals surface area contributed by atoms with Crippen molar-refractivity contribution in [3.8, 4) is 0 Å². The molecule has 2 atom stereocenters. The average molecular weight is 287 g/mol. The Balaban J connectivity index is 1.79. The minimum absolute atomic E-state index is 0.405. The van der Waals surface area contributed by atoms with Gasteiger partial charge in [-0.3, -0.25) is 0 Å². The van der Waals surface area contributed by atoms with E-state index < -0.39 is 0 Å². The number of nitrogens with zero attached hydrogens (tertiary/aromatic N) is 3. The van der Waals surface area contributed by atoms with Crippen molar-refractivity contribution in [2.24, 2.45) is 11.3 Å². The maximum atomic E-state index is 4.57. The van der Waals surface area contributed by atoms with Gasteiger partial charge in [-0.25, -0.2) is 9.97 Å². The van der Waals surface area contributed by atoms with E-state index >= 15 is 0 Å². The Morgan fingerprint density at radius 3 is 2.00 bits per heavy atom. The first kappa shape index (κ1) is 14.8. The highest BCUT2D eigenvalue weighted by Crippen LogP contribution is 2.46. The number of anilines is 1. The predicted octanol–water partition coefficient (Wildman–Crippen LogP) is 4.39. The summed E-state index contributed by atoms with van der Waals surface area (Å²) < 4.78 is 0. The molecule has 3 heteroatoms. The van der Waals surface area contributed by atoms with Gasteiger partial charge in [-0.1, -0.05) is 34.6 Å². The molecule has 2 aliphatic heterocycles. The third-order valence-electron chi connectivity index (χ3n) is 5.43. The van der Waals surface area contributed by atoms with Crippen LogP contribution in [0.5, 0.6) is 0 Å². The van der Waals surface area contributed by atoms with Gasteiger partial charge in [-0.2, -0.15) is 0 Å². The van der Waals surface area contributed by atoms with Crippen LogP contribution in [0.1, 0.15) is 72.0 Å². The van der Waals surface area contributed by atoms with E-state index in [-0.39, 0.29) is 0 Å². The molecule has 21 heavy (non-hydrogen) atoms. The van der Waals surface area contributed by atoms with Crippen LogP contribution in [0.3, 0.4) is 0 Å². The molecule has 0 aliphatic carbocycles. The minimum atomic E-state index is 0.405. The molecular formula is C18H29N3. The van der Waals surface area contributed by atoms with Crippen LogP contribution >= 0.6 is 0 Å². The van der Waals surface area contributed by atoms with Crippen LogP contribution in [-0.2, 0) is 0 Å². The molecule has 2 saturated heterocycles. The Morgan fingerprint density at radius 2 is 1.57 bits per heavy atom. The molecule has 0 radical (unpaired) electrons. The standard InChI is InChI=1S/C18H29N3/c1-12(2)17-19-10-16(11-20-17)21-14-6-7-15(21)9-13(8-14)18(3,4)5/h10-15H,6-9H2,1-5H3. The summed E-state index contributed by atoms with van der Waals surface area (Å²) in [6.07, 6.45) is 9.42. The van der Waals surface area contributed by atoms with Gasteiger partial charge in [-0.15, -0.1) is 0 Å². The van der Waals surface area contributed by atoms with Crippen molar-refractivity contribution >= 4 is 5.69 Å². The van der Waals surface area contributed by atoms with Crippen LogP contribution in [0, 0.1) is 11.3 Å². The van der Waals surface area contributed by atoms with E-state index in [1.807, 2.05) is 12.4 Å². The van der Waals surface area contributed by atoms with Crippen LogP contribution in [0.4, 0.5) is 5.69 Å². The Labute approximate surface area is 129 Å². The maximum absolute atomic E-state index is 4.57. The molecule has 2 fully saturated rings. The second-order valence-electron chi connectivity index (χ2n) is 8.28. The summed E-state index contributed by atoms with van der Waals surface area (Å²) in [5, 5.41) is 0. The van der Waals surface area contributed by atoms with Crippen molar-refractivity contribution in [1.29, 1.82) is 0 Å². The van der Waals surface area contributed by atoms with E-state index in [9.17, 15) is 0 Å². The lowest BCUT2D eigenvalue weighted by molar-refractivity contribution is 0.174. The number of piperidine rings is 1. The molecule has 0 saturated carbocycles. The van der Waals surface area contributed by atoms with Crippen molar-refractivity contribution in [3.63, 3.8) is 0 Å². The zero-order valence-electron chi connectivity index (χ0n) is 14.1. The first-order chi connectivity index (χ1) is 9.86. The minimum Gasteiger partial charge on any atom is -0.363 e. The lowest BCUT2D eigenvalue weighted by atomic mass is 9.73. The lowest BCUT2D eigenvalue weighted by Crippen LogP contribution is -2.46. The normalized spacial score (nSPS) is 29.2. The van der Waals surface area contributed by atoms with Crippen molar-refractivity contribution in [2.45, 2.75) is 78.3 Å². The second kappa shape index (κ2) is 5.26.